The zero-order chi connectivity index (χ0) is 17.8. The summed E-state index contributed by atoms with van der Waals surface area (Å²) in [4.78, 5) is 27.7. The topological polar surface area (TPSA) is 49.4 Å². The molecule has 1 aliphatic rings. The van der Waals surface area contributed by atoms with E-state index in [0.29, 0.717) is 18.1 Å². The van der Waals surface area contributed by atoms with Gasteiger partial charge in [-0.15, -0.1) is 11.3 Å². The van der Waals surface area contributed by atoms with Crippen molar-refractivity contribution in [1.82, 2.24) is 10.2 Å². The molecular weight excluding hydrogens is 356 g/mol. The third-order valence-corrected chi connectivity index (χ3v) is 5.61. The van der Waals surface area contributed by atoms with Gasteiger partial charge in [-0.25, -0.2) is 0 Å². The maximum absolute atomic E-state index is 12.6. The number of nitrogens with zero attached hydrogens (tertiary/aromatic N) is 1. The van der Waals surface area contributed by atoms with Gasteiger partial charge in [-0.05, 0) is 48.9 Å². The molecule has 2 atom stereocenters. The third-order valence-electron chi connectivity index (χ3n) is 4.52. The lowest BCUT2D eigenvalue weighted by Gasteiger charge is -2.32. The van der Waals surface area contributed by atoms with Crippen molar-refractivity contribution >= 4 is 34.8 Å². The van der Waals surface area contributed by atoms with Crippen molar-refractivity contribution in [1.29, 1.82) is 0 Å². The Kier molecular flexibility index (Phi) is 5.76. The molecule has 1 N–H and O–H groups in total. The lowest BCUT2D eigenvalue weighted by Crippen LogP contribution is -2.45. The van der Waals surface area contributed by atoms with E-state index < -0.39 is 0 Å². The monoisotopic (exact) mass is 376 g/mol. The maximum atomic E-state index is 12.6. The number of thiophene rings is 1. The maximum Gasteiger partial charge on any atom is 0.263 e. The van der Waals surface area contributed by atoms with Crippen LogP contribution in [0.15, 0.2) is 41.8 Å². The fraction of sp³-hybridized carbons (Fsp3) is 0.368. The van der Waals surface area contributed by atoms with E-state index >= 15 is 0 Å². The van der Waals surface area contributed by atoms with Crippen LogP contribution in [0.5, 0.6) is 0 Å². The summed E-state index contributed by atoms with van der Waals surface area (Å²) in [5.74, 6) is -0.147. The molecule has 2 heterocycles. The smallest absolute Gasteiger partial charge is 0.263 e. The molecule has 6 heteroatoms. The second kappa shape index (κ2) is 8.02. The minimum Gasteiger partial charge on any atom is -0.349 e. The minimum atomic E-state index is -0.167. The Morgan fingerprint density at radius 1 is 1.32 bits per heavy atom. The highest BCUT2D eigenvalue weighted by Crippen LogP contribution is 2.22. The average molecular weight is 377 g/mol. The number of rotatable bonds is 4. The second-order valence-corrected chi connectivity index (χ2v) is 7.74. The van der Waals surface area contributed by atoms with Crippen molar-refractivity contribution in [3.63, 3.8) is 0 Å². The fourth-order valence-electron chi connectivity index (χ4n) is 3.12. The van der Waals surface area contributed by atoms with Crippen molar-refractivity contribution < 1.29 is 9.59 Å². The van der Waals surface area contributed by atoms with Gasteiger partial charge in [-0.1, -0.05) is 29.8 Å². The summed E-state index contributed by atoms with van der Waals surface area (Å²) >= 11 is 7.46. The van der Waals surface area contributed by atoms with E-state index in [-0.39, 0.29) is 23.8 Å². The number of benzene rings is 1. The van der Waals surface area contributed by atoms with Gasteiger partial charge in [0.15, 0.2) is 0 Å². The Balaban J connectivity index is 1.61. The number of carbonyl (C=O) groups excluding carboxylic acids is 2. The van der Waals surface area contributed by atoms with Gasteiger partial charge in [0.2, 0.25) is 5.91 Å². The van der Waals surface area contributed by atoms with Crippen LogP contribution in [0.2, 0.25) is 5.02 Å². The molecule has 1 aliphatic heterocycles. The van der Waals surface area contributed by atoms with Crippen LogP contribution in [0.4, 0.5) is 0 Å². The van der Waals surface area contributed by atoms with Gasteiger partial charge >= 0.3 is 0 Å². The van der Waals surface area contributed by atoms with Gasteiger partial charge in [0, 0.05) is 18.1 Å². The molecule has 132 valence electrons. The van der Waals surface area contributed by atoms with Crippen LogP contribution in [0.3, 0.4) is 0 Å². The number of piperidine rings is 1. The summed E-state index contributed by atoms with van der Waals surface area (Å²) < 4.78 is 0. The van der Waals surface area contributed by atoms with Crippen LogP contribution in [-0.2, 0) is 4.79 Å². The first-order chi connectivity index (χ1) is 12.0. The SMILES string of the molecule is C[C@@H](NC(=O)[C@H]1CCCN(C(=O)c2cccs2)C1)c1cccc(Cl)c1. The van der Waals surface area contributed by atoms with Gasteiger partial charge < -0.3 is 10.2 Å². The lowest BCUT2D eigenvalue weighted by atomic mass is 9.96. The Bertz CT molecular complexity index is 748. The molecule has 1 fully saturated rings. The highest BCUT2D eigenvalue weighted by molar-refractivity contribution is 7.12. The summed E-state index contributed by atoms with van der Waals surface area (Å²) in [6.45, 7) is 3.14. The zero-order valence-corrected chi connectivity index (χ0v) is 15.6. The molecule has 2 amide bonds. The van der Waals surface area contributed by atoms with Crippen LogP contribution in [-0.4, -0.2) is 29.8 Å². The molecule has 25 heavy (non-hydrogen) atoms. The molecular formula is C19H21ClN2O2S. The van der Waals surface area contributed by atoms with Gasteiger partial charge in [0.25, 0.3) is 5.91 Å². The summed E-state index contributed by atoms with van der Waals surface area (Å²) in [7, 11) is 0. The Hall–Kier alpha value is -1.85. The molecule has 0 spiro atoms. The molecule has 1 saturated heterocycles. The van der Waals surface area contributed by atoms with Crippen molar-refractivity contribution in [3.05, 3.63) is 57.2 Å². The van der Waals surface area contributed by atoms with Crippen LogP contribution in [0.25, 0.3) is 0 Å². The number of amides is 2. The zero-order valence-electron chi connectivity index (χ0n) is 14.1. The molecule has 0 radical (unpaired) electrons. The second-order valence-electron chi connectivity index (χ2n) is 6.35. The number of hydrogen-bond acceptors (Lipinski definition) is 3. The molecule has 3 rings (SSSR count). The molecule has 0 saturated carbocycles. The molecule has 0 unspecified atom stereocenters. The number of hydrogen-bond donors (Lipinski definition) is 1. The van der Waals surface area contributed by atoms with Gasteiger partial charge in [0.05, 0.1) is 16.8 Å². The summed E-state index contributed by atoms with van der Waals surface area (Å²) in [5.41, 5.74) is 0.975. The Morgan fingerprint density at radius 3 is 2.88 bits per heavy atom. The summed E-state index contributed by atoms with van der Waals surface area (Å²) in [6, 6.07) is 11.1. The molecule has 4 nitrogen and oxygen atoms in total. The summed E-state index contributed by atoms with van der Waals surface area (Å²) in [5, 5.41) is 5.61. The Labute approximate surface area is 156 Å². The van der Waals surface area contributed by atoms with Gasteiger partial charge in [0.1, 0.15) is 0 Å². The van der Waals surface area contributed by atoms with Gasteiger partial charge in [-0.3, -0.25) is 9.59 Å². The predicted molar refractivity (Wildman–Crippen MR) is 101 cm³/mol. The van der Waals surface area contributed by atoms with E-state index in [2.05, 4.69) is 5.32 Å². The van der Waals surface area contributed by atoms with Crippen LogP contribution < -0.4 is 5.32 Å². The normalized spacial score (nSPS) is 18.6. The number of carbonyl (C=O) groups is 2. The third kappa shape index (κ3) is 4.41. The molecule has 1 aromatic carbocycles. The molecule has 0 aliphatic carbocycles. The average Bonchev–Trinajstić information content (AvgIpc) is 3.15. The van der Waals surface area contributed by atoms with Crippen molar-refractivity contribution in [2.24, 2.45) is 5.92 Å². The fourth-order valence-corrected chi connectivity index (χ4v) is 4.01. The molecule has 2 aromatic rings. The first-order valence-electron chi connectivity index (χ1n) is 8.43. The van der Waals surface area contributed by atoms with Crippen LogP contribution in [0, 0.1) is 5.92 Å². The minimum absolute atomic E-state index is 0.00356. The molecule has 1 aromatic heterocycles. The molecule has 0 bridgehead atoms. The van der Waals surface area contributed by atoms with E-state index in [0.717, 1.165) is 23.3 Å². The van der Waals surface area contributed by atoms with E-state index in [1.54, 1.807) is 4.90 Å². The van der Waals surface area contributed by atoms with Crippen LogP contribution >= 0.6 is 22.9 Å². The number of nitrogens with one attached hydrogen (secondary N) is 1. The summed E-state index contributed by atoms with van der Waals surface area (Å²) in [6.07, 6.45) is 1.66. The van der Waals surface area contributed by atoms with Crippen molar-refractivity contribution in [2.75, 3.05) is 13.1 Å². The van der Waals surface area contributed by atoms with Crippen molar-refractivity contribution in [2.45, 2.75) is 25.8 Å². The largest absolute Gasteiger partial charge is 0.349 e. The van der Waals surface area contributed by atoms with Crippen molar-refractivity contribution in [3.8, 4) is 0 Å². The van der Waals surface area contributed by atoms with Gasteiger partial charge in [-0.2, -0.15) is 0 Å². The van der Waals surface area contributed by atoms with E-state index in [1.807, 2.05) is 48.7 Å². The quantitative estimate of drug-likeness (QED) is 0.872. The number of likely N-dealkylation sites (tertiary alicyclic amines) is 1. The predicted octanol–water partition coefficient (Wildman–Crippen LogP) is 4.13. The van der Waals surface area contributed by atoms with E-state index in [4.69, 9.17) is 11.6 Å². The van der Waals surface area contributed by atoms with Crippen LogP contribution in [0.1, 0.15) is 41.0 Å². The van der Waals surface area contributed by atoms with E-state index in [9.17, 15) is 9.59 Å². The van der Waals surface area contributed by atoms with E-state index in [1.165, 1.54) is 11.3 Å². The highest BCUT2D eigenvalue weighted by Gasteiger charge is 2.29. The lowest BCUT2D eigenvalue weighted by molar-refractivity contribution is -0.127. The Morgan fingerprint density at radius 2 is 2.16 bits per heavy atom. The first kappa shape index (κ1) is 18.0. The standard InChI is InChI=1S/C19H21ClN2O2S/c1-13(14-5-2-7-16(20)11-14)21-18(23)15-6-3-9-22(12-15)19(24)17-8-4-10-25-17/h2,4-5,7-8,10-11,13,15H,3,6,9,12H2,1H3,(H,21,23)/t13-,15+/m1/s1. The first-order valence-corrected chi connectivity index (χ1v) is 9.69. The number of halogens is 1. The highest BCUT2D eigenvalue weighted by atomic mass is 35.5.